The molecule has 0 N–H and O–H groups in total. The number of anilines is 2. The first-order valence-corrected chi connectivity index (χ1v) is 14.1. The van der Waals surface area contributed by atoms with Crippen LogP contribution in [0.25, 0.3) is 16.8 Å². The molecule has 0 aliphatic carbocycles. The number of nitrogens with zero attached hydrogens (tertiary/aromatic N) is 6. The van der Waals surface area contributed by atoms with Gasteiger partial charge in [0.15, 0.2) is 0 Å². The topological polar surface area (TPSA) is 84.7 Å². The van der Waals surface area contributed by atoms with E-state index in [1.807, 2.05) is 50.5 Å². The highest BCUT2D eigenvalue weighted by Gasteiger charge is 2.29. The highest BCUT2D eigenvalue weighted by Crippen LogP contribution is 2.33. The quantitative estimate of drug-likeness (QED) is 0.383. The lowest BCUT2D eigenvalue weighted by Gasteiger charge is -2.40. The average molecular weight is 537 g/mol. The Balaban J connectivity index is 1.37. The number of hydroxylamine groups is 1. The van der Waals surface area contributed by atoms with E-state index in [2.05, 4.69) is 26.1 Å². The maximum absolute atomic E-state index is 12.7. The van der Waals surface area contributed by atoms with Gasteiger partial charge in [-0.2, -0.15) is 5.06 Å². The van der Waals surface area contributed by atoms with Gasteiger partial charge >= 0.3 is 6.09 Å². The molecule has 1 amide bonds. The number of hydrogen-bond acceptors (Lipinski definition) is 8. The Kier molecular flexibility index (Phi) is 8.64. The zero-order valence-electron chi connectivity index (χ0n) is 23.5. The molecule has 2 fully saturated rings. The highest BCUT2D eigenvalue weighted by molar-refractivity contribution is 5.87. The van der Waals surface area contributed by atoms with E-state index in [0.29, 0.717) is 11.7 Å². The van der Waals surface area contributed by atoms with Crippen LogP contribution in [0, 0.1) is 6.92 Å². The molecule has 0 radical (unpaired) electrons. The van der Waals surface area contributed by atoms with E-state index in [1.165, 1.54) is 12.2 Å². The van der Waals surface area contributed by atoms with Crippen LogP contribution in [0.5, 0.6) is 0 Å². The second-order valence-electron chi connectivity index (χ2n) is 10.4. The molecule has 3 aromatic rings. The Morgan fingerprint density at radius 2 is 1.87 bits per heavy atom. The monoisotopic (exact) mass is 536 g/mol. The molecule has 2 aromatic heterocycles. The second kappa shape index (κ2) is 12.3. The predicted molar refractivity (Wildman–Crippen MR) is 151 cm³/mol. The first kappa shape index (κ1) is 27.4. The fraction of sp³-hybridized carbons (Fsp3) is 0.552. The molecular weight excluding hydrogens is 496 g/mol. The number of piperidine rings is 1. The average Bonchev–Trinajstić information content (AvgIpc) is 3.35. The molecule has 0 spiro atoms. The lowest BCUT2D eigenvalue weighted by Crippen LogP contribution is -2.49. The molecule has 39 heavy (non-hydrogen) atoms. The standard InChI is InChI=1S/C29H40N6O4/c1-5-6-21(2)39-29(36)35(37-4)25-9-7-23(8-10-25)26-27-22(3)30-13-16-34(27)28(31-26)33-14-11-24(12-15-33)32-17-19-38-20-18-32/h7-10,13,16,21,24H,5-6,11-12,14-15,17-20H2,1-4H3. The summed E-state index contributed by atoms with van der Waals surface area (Å²) >= 11 is 0. The molecule has 210 valence electrons. The van der Waals surface area contributed by atoms with Crippen molar-refractivity contribution < 1.29 is 19.1 Å². The van der Waals surface area contributed by atoms with E-state index in [4.69, 9.17) is 19.3 Å². The van der Waals surface area contributed by atoms with Gasteiger partial charge in [-0.15, -0.1) is 0 Å². The molecule has 2 aliphatic rings. The number of rotatable bonds is 8. The normalized spacial score (nSPS) is 17.9. The number of imidazole rings is 1. The second-order valence-corrected chi connectivity index (χ2v) is 10.4. The summed E-state index contributed by atoms with van der Waals surface area (Å²) in [5, 5.41) is 1.18. The van der Waals surface area contributed by atoms with Crippen LogP contribution in [0.15, 0.2) is 36.7 Å². The van der Waals surface area contributed by atoms with Crippen LogP contribution in [0.2, 0.25) is 0 Å². The first-order valence-electron chi connectivity index (χ1n) is 14.1. The maximum Gasteiger partial charge on any atom is 0.439 e. The Morgan fingerprint density at radius 1 is 1.15 bits per heavy atom. The Bertz CT molecular complexity index is 1250. The Morgan fingerprint density at radius 3 is 2.54 bits per heavy atom. The third-order valence-corrected chi connectivity index (χ3v) is 7.75. The van der Waals surface area contributed by atoms with E-state index >= 15 is 0 Å². The molecule has 1 unspecified atom stereocenters. The van der Waals surface area contributed by atoms with E-state index in [9.17, 15) is 4.79 Å². The van der Waals surface area contributed by atoms with E-state index in [1.54, 1.807) is 0 Å². The van der Waals surface area contributed by atoms with Crippen LogP contribution in [0.1, 0.15) is 45.2 Å². The minimum absolute atomic E-state index is 0.177. The molecule has 10 nitrogen and oxygen atoms in total. The summed E-state index contributed by atoms with van der Waals surface area (Å²) in [6.45, 7) is 11.6. The third kappa shape index (κ3) is 5.88. The molecule has 10 heteroatoms. The summed E-state index contributed by atoms with van der Waals surface area (Å²) < 4.78 is 13.2. The molecule has 2 aliphatic heterocycles. The number of amides is 1. The van der Waals surface area contributed by atoms with Crippen LogP contribution in [-0.4, -0.2) is 84.0 Å². The fourth-order valence-corrected chi connectivity index (χ4v) is 5.70. The van der Waals surface area contributed by atoms with Crippen LogP contribution >= 0.6 is 0 Å². The van der Waals surface area contributed by atoms with Crippen molar-refractivity contribution in [2.45, 2.75) is 58.6 Å². The molecule has 1 aromatic carbocycles. The van der Waals surface area contributed by atoms with E-state index < -0.39 is 6.09 Å². The molecule has 0 bridgehead atoms. The van der Waals surface area contributed by atoms with Crippen LogP contribution in [0.4, 0.5) is 16.4 Å². The van der Waals surface area contributed by atoms with Crippen molar-refractivity contribution in [2.75, 3.05) is 56.5 Å². The van der Waals surface area contributed by atoms with Gasteiger partial charge in [-0.1, -0.05) is 25.5 Å². The highest BCUT2D eigenvalue weighted by atomic mass is 16.7. The van der Waals surface area contributed by atoms with Gasteiger partial charge < -0.3 is 14.4 Å². The summed E-state index contributed by atoms with van der Waals surface area (Å²) in [6.07, 6.45) is 7.10. The van der Waals surface area contributed by atoms with E-state index in [-0.39, 0.29) is 6.10 Å². The van der Waals surface area contributed by atoms with Gasteiger partial charge in [0.05, 0.1) is 37.2 Å². The van der Waals surface area contributed by atoms with Gasteiger partial charge in [-0.25, -0.2) is 9.78 Å². The van der Waals surface area contributed by atoms with Gasteiger partial charge in [0.2, 0.25) is 5.95 Å². The lowest BCUT2D eigenvalue weighted by molar-refractivity contribution is 0.0114. The number of aryl methyl sites for hydroxylation is 1. The molecule has 4 heterocycles. The van der Waals surface area contributed by atoms with Crippen molar-refractivity contribution in [1.82, 2.24) is 19.3 Å². The minimum Gasteiger partial charge on any atom is -0.445 e. The van der Waals surface area contributed by atoms with Crippen molar-refractivity contribution in [3.05, 3.63) is 42.4 Å². The fourth-order valence-electron chi connectivity index (χ4n) is 5.70. The van der Waals surface area contributed by atoms with Gasteiger partial charge in [0.25, 0.3) is 0 Å². The largest absolute Gasteiger partial charge is 0.445 e. The summed E-state index contributed by atoms with van der Waals surface area (Å²) in [5.74, 6) is 0.946. The smallest absolute Gasteiger partial charge is 0.439 e. The van der Waals surface area contributed by atoms with Gasteiger partial charge in [-0.05, 0) is 45.2 Å². The summed E-state index contributed by atoms with van der Waals surface area (Å²) in [7, 11) is 1.46. The van der Waals surface area contributed by atoms with Crippen LogP contribution in [0.3, 0.4) is 0 Å². The number of ether oxygens (including phenoxy) is 2. The number of fused-ring (bicyclic) bond motifs is 1. The summed E-state index contributed by atoms with van der Waals surface area (Å²) in [4.78, 5) is 32.7. The molecule has 1 atom stereocenters. The van der Waals surface area contributed by atoms with Crippen molar-refractivity contribution in [1.29, 1.82) is 0 Å². The van der Waals surface area contributed by atoms with Crippen molar-refractivity contribution in [3.8, 4) is 11.3 Å². The van der Waals surface area contributed by atoms with Gasteiger partial charge in [0.1, 0.15) is 11.8 Å². The molecule has 5 rings (SSSR count). The first-order chi connectivity index (χ1) is 19.0. The molecule has 2 saturated heterocycles. The molecule has 0 saturated carbocycles. The van der Waals surface area contributed by atoms with Crippen molar-refractivity contribution in [3.63, 3.8) is 0 Å². The Hall–Kier alpha value is -3.21. The van der Waals surface area contributed by atoms with E-state index in [0.717, 1.165) is 93.5 Å². The predicted octanol–water partition coefficient (Wildman–Crippen LogP) is 4.70. The number of carbonyl (C=O) groups is 1. The van der Waals surface area contributed by atoms with Crippen molar-refractivity contribution >= 4 is 23.2 Å². The number of aromatic nitrogens is 3. The minimum atomic E-state index is -0.526. The van der Waals surface area contributed by atoms with Gasteiger partial charge in [0, 0.05) is 50.2 Å². The zero-order chi connectivity index (χ0) is 27.4. The van der Waals surface area contributed by atoms with Crippen LogP contribution < -0.4 is 9.96 Å². The summed E-state index contributed by atoms with van der Waals surface area (Å²) in [5.41, 5.74) is 4.34. The lowest BCUT2D eigenvalue weighted by atomic mass is 10.0. The number of hydrogen-bond donors (Lipinski definition) is 0. The summed E-state index contributed by atoms with van der Waals surface area (Å²) in [6, 6.07) is 8.25. The third-order valence-electron chi connectivity index (χ3n) is 7.75. The number of carbonyl (C=O) groups excluding carboxylic acids is 1. The number of morpholine rings is 1. The Labute approximate surface area is 230 Å². The van der Waals surface area contributed by atoms with Gasteiger partial charge in [-0.3, -0.25) is 19.1 Å². The number of benzene rings is 1. The molecular formula is C29H40N6O4. The van der Waals surface area contributed by atoms with Crippen molar-refractivity contribution in [2.24, 2.45) is 0 Å². The van der Waals surface area contributed by atoms with Crippen LogP contribution in [-0.2, 0) is 14.3 Å². The zero-order valence-corrected chi connectivity index (χ0v) is 23.5. The SMILES string of the molecule is CCCC(C)OC(=O)N(OC)c1ccc(-c2nc(N3CCC(N4CCOCC4)CC3)n3ccnc(C)c23)cc1. The maximum atomic E-state index is 12.7.